The van der Waals surface area contributed by atoms with Crippen molar-refractivity contribution < 1.29 is 9.59 Å². The average molecular weight is 342 g/mol. The number of carbonyl (C=O) groups is 2. The summed E-state index contributed by atoms with van der Waals surface area (Å²) in [4.78, 5) is 23.5. The van der Waals surface area contributed by atoms with Gasteiger partial charge in [0, 0.05) is 10.2 Å². The van der Waals surface area contributed by atoms with Gasteiger partial charge in [-0.3, -0.25) is 9.59 Å². The second-order valence-corrected chi connectivity index (χ2v) is 5.82. The van der Waals surface area contributed by atoms with E-state index in [9.17, 15) is 9.59 Å². The maximum absolute atomic E-state index is 11.8. The Morgan fingerprint density at radius 1 is 1.30 bits per heavy atom. The monoisotopic (exact) mass is 341 g/mol. The molecule has 0 aromatic heterocycles. The highest BCUT2D eigenvalue weighted by atomic mass is 79.9. The molecule has 6 heteroatoms. The SMILES string of the molecule is CCCC(C)(N)C(=O)NCC(=O)Nc1ccc(Br)cc1. The number of halogens is 1. The maximum Gasteiger partial charge on any atom is 0.243 e. The third-order valence-electron chi connectivity index (χ3n) is 2.83. The first kappa shape index (κ1) is 16.7. The number of nitrogens with two attached hydrogens (primary N) is 1. The summed E-state index contributed by atoms with van der Waals surface area (Å²) in [5.74, 6) is -0.599. The first-order valence-corrected chi connectivity index (χ1v) is 7.27. The molecule has 1 atom stereocenters. The molecule has 0 fully saturated rings. The molecular formula is C14H20BrN3O2. The maximum atomic E-state index is 11.8. The van der Waals surface area contributed by atoms with Gasteiger partial charge in [0.25, 0.3) is 0 Å². The van der Waals surface area contributed by atoms with Crippen LogP contribution in [0.1, 0.15) is 26.7 Å². The predicted molar refractivity (Wildman–Crippen MR) is 83.3 cm³/mol. The van der Waals surface area contributed by atoms with Gasteiger partial charge >= 0.3 is 0 Å². The van der Waals surface area contributed by atoms with E-state index in [1.807, 2.05) is 19.1 Å². The molecule has 0 aliphatic carbocycles. The highest BCUT2D eigenvalue weighted by Crippen LogP contribution is 2.13. The van der Waals surface area contributed by atoms with E-state index >= 15 is 0 Å². The summed E-state index contributed by atoms with van der Waals surface area (Å²) in [5.41, 5.74) is 5.62. The number of carbonyl (C=O) groups excluding carboxylic acids is 2. The van der Waals surface area contributed by atoms with E-state index < -0.39 is 5.54 Å². The van der Waals surface area contributed by atoms with Crippen LogP contribution < -0.4 is 16.4 Å². The first-order valence-electron chi connectivity index (χ1n) is 6.48. The number of hydrogen-bond donors (Lipinski definition) is 3. The van der Waals surface area contributed by atoms with E-state index in [2.05, 4.69) is 26.6 Å². The summed E-state index contributed by atoms with van der Waals surface area (Å²) in [6.45, 7) is 3.53. The molecule has 1 aromatic carbocycles. The van der Waals surface area contributed by atoms with E-state index in [1.54, 1.807) is 19.1 Å². The molecule has 0 aliphatic rings. The predicted octanol–water partition coefficient (Wildman–Crippen LogP) is 2.02. The standard InChI is InChI=1S/C14H20BrN3O2/c1-3-8-14(2,16)13(20)17-9-12(19)18-11-6-4-10(15)5-7-11/h4-7H,3,8-9,16H2,1-2H3,(H,17,20)(H,18,19). The van der Waals surface area contributed by atoms with Crippen LogP contribution in [0.5, 0.6) is 0 Å². The molecule has 2 amide bonds. The Kier molecular flexibility index (Phi) is 6.16. The quantitative estimate of drug-likeness (QED) is 0.740. The Morgan fingerprint density at radius 3 is 2.45 bits per heavy atom. The number of benzene rings is 1. The van der Waals surface area contributed by atoms with Gasteiger partial charge in [-0.1, -0.05) is 29.3 Å². The molecule has 1 unspecified atom stereocenters. The summed E-state index contributed by atoms with van der Waals surface area (Å²) in [7, 11) is 0. The molecule has 20 heavy (non-hydrogen) atoms. The zero-order valence-electron chi connectivity index (χ0n) is 11.7. The lowest BCUT2D eigenvalue weighted by Crippen LogP contribution is -2.52. The second-order valence-electron chi connectivity index (χ2n) is 4.91. The van der Waals surface area contributed by atoms with E-state index in [0.29, 0.717) is 12.1 Å². The molecule has 0 heterocycles. The minimum atomic E-state index is -0.938. The van der Waals surface area contributed by atoms with Crippen LogP contribution in [0, 0.1) is 0 Å². The Bertz CT molecular complexity index is 472. The molecule has 1 rings (SSSR count). The number of hydrogen-bond acceptors (Lipinski definition) is 3. The van der Waals surface area contributed by atoms with Gasteiger partial charge in [0.15, 0.2) is 0 Å². The summed E-state index contributed by atoms with van der Waals surface area (Å²) >= 11 is 3.31. The van der Waals surface area contributed by atoms with Gasteiger partial charge in [-0.15, -0.1) is 0 Å². The van der Waals surface area contributed by atoms with Gasteiger partial charge in [0.05, 0.1) is 12.1 Å². The van der Waals surface area contributed by atoms with Crippen molar-refractivity contribution in [3.05, 3.63) is 28.7 Å². The van der Waals surface area contributed by atoms with Crippen LogP contribution in [-0.4, -0.2) is 23.9 Å². The zero-order chi connectivity index (χ0) is 15.2. The molecule has 0 saturated heterocycles. The van der Waals surface area contributed by atoms with Gasteiger partial charge in [-0.25, -0.2) is 0 Å². The van der Waals surface area contributed by atoms with Crippen LogP contribution in [0.25, 0.3) is 0 Å². The highest BCUT2D eigenvalue weighted by Gasteiger charge is 2.27. The van der Waals surface area contributed by atoms with Crippen molar-refractivity contribution in [3.63, 3.8) is 0 Å². The topological polar surface area (TPSA) is 84.2 Å². The van der Waals surface area contributed by atoms with Crippen molar-refractivity contribution in [3.8, 4) is 0 Å². The number of nitrogens with one attached hydrogen (secondary N) is 2. The summed E-state index contributed by atoms with van der Waals surface area (Å²) in [6, 6.07) is 7.20. The lowest BCUT2D eigenvalue weighted by Gasteiger charge is -2.22. The molecule has 110 valence electrons. The summed E-state index contributed by atoms with van der Waals surface area (Å²) < 4.78 is 0.933. The fourth-order valence-corrected chi connectivity index (χ4v) is 2.00. The van der Waals surface area contributed by atoms with Gasteiger partial charge < -0.3 is 16.4 Å². The highest BCUT2D eigenvalue weighted by molar-refractivity contribution is 9.10. The third kappa shape index (κ3) is 5.30. The summed E-state index contributed by atoms with van der Waals surface area (Å²) in [6.07, 6.45) is 1.39. The van der Waals surface area contributed by atoms with Crippen molar-refractivity contribution in [2.24, 2.45) is 5.73 Å². The van der Waals surface area contributed by atoms with Gasteiger partial charge in [0.2, 0.25) is 11.8 Å². The normalized spacial score (nSPS) is 13.4. The Morgan fingerprint density at radius 2 is 1.90 bits per heavy atom. The van der Waals surface area contributed by atoms with Gasteiger partial charge in [-0.2, -0.15) is 0 Å². The molecule has 4 N–H and O–H groups in total. The molecule has 0 spiro atoms. The van der Waals surface area contributed by atoms with Crippen molar-refractivity contribution in [1.82, 2.24) is 5.32 Å². The largest absolute Gasteiger partial charge is 0.345 e. The van der Waals surface area contributed by atoms with Crippen LogP contribution in [0.3, 0.4) is 0 Å². The van der Waals surface area contributed by atoms with Crippen LogP contribution in [0.2, 0.25) is 0 Å². The molecule has 5 nitrogen and oxygen atoms in total. The van der Waals surface area contributed by atoms with Crippen LogP contribution in [0.4, 0.5) is 5.69 Å². The van der Waals surface area contributed by atoms with Crippen molar-refractivity contribution in [1.29, 1.82) is 0 Å². The van der Waals surface area contributed by atoms with Gasteiger partial charge in [0.1, 0.15) is 0 Å². The smallest absolute Gasteiger partial charge is 0.243 e. The lowest BCUT2D eigenvalue weighted by atomic mass is 9.96. The number of amides is 2. The van der Waals surface area contributed by atoms with Crippen molar-refractivity contribution >= 4 is 33.4 Å². The Hall–Kier alpha value is -1.40. The third-order valence-corrected chi connectivity index (χ3v) is 3.35. The molecule has 0 saturated carbocycles. The summed E-state index contributed by atoms with van der Waals surface area (Å²) in [5, 5.41) is 5.25. The second kappa shape index (κ2) is 7.40. The van der Waals surface area contributed by atoms with Gasteiger partial charge in [-0.05, 0) is 37.6 Å². The molecule has 1 aromatic rings. The lowest BCUT2D eigenvalue weighted by molar-refractivity contribution is -0.128. The van der Waals surface area contributed by atoms with E-state index in [0.717, 1.165) is 10.9 Å². The van der Waals surface area contributed by atoms with E-state index in [-0.39, 0.29) is 18.4 Å². The Balaban J connectivity index is 2.43. The van der Waals surface area contributed by atoms with Crippen molar-refractivity contribution in [2.45, 2.75) is 32.2 Å². The molecule has 0 bridgehead atoms. The Labute approximate surface area is 127 Å². The average Bonchev–Trinajstić information content (AvgIpc) is 2.38. The van der Waals surface area contributed by atoms with Crippen molar-refractivity contribution in [2.75, 3.05) is 11.9 Å². The molecule has 0 radical (unpaired) electrons. The first-order chi connectivity index (χ1) is 9.35. The van der Waals surface area contributed by atoms with E-state index in [1.165, 1.54) is 0 Å². The fraction of sp³-hybridized carbons (Fsp3) is 0.429. The van der Waals surface area contributed by atoms with Crippen LogP contribution in [-0.2, 0) is 9.59 Å². The van der Waals surface area contributed by atoms with Crippen LogP contribution >= 0.6 is 15.9 Å². The number of rotatable bonds is 6. The zero-order valence-corrected chi connectivity index (χ0v) is 13.3. The fourth-order valence-electron chi connectivity index (χ4n) is 1.73. The molecule has 0 aliphatic heterocycles. The van der Waals surface area contributed by atoms with E-state index in [4.69, 9.17) is 5.73 Å². The number of anilines is 1. The van der Waals surface area contributed by atoms with Crippen LogP contribution in [0.15, 0.2) is 28.7 Å². The minimum absolute atomic E-state index is 0.0919. The minimum Gasteiger partial charge on any atom is -0.345 e. The molecular weight excluding hydrogens is 322 g/mol.